The minimum atomic E-state index is 0.416. The van der Waals surface area contributed by atoms with Crippen molar-refractivity contribution in [2.75, 3.05) is 32.6 Å². The zero-order chi connectivity index (χ0) is 18.7. The molecule has 0 fully saturated rings. The van der Waals surface area contributed by atoms with Crippen molar-refractivity contribution in [2.45, 2.75) is 0 Å². The third-order valence-electron chi connectivity index (χ3n) is 3.87. The standard InChI is InChI=1S/C18H18Cl2N4O2/c1-25-13-8-14(26-2)17(20)15(16(13)19)10-3-4-12-11(7-10)9-23-18(24-12)22-6-5-21/h3-4,7-9H,5-6,21H2,1-2H3,(H,22,23,24). The molecule has 136 valence electrons. The van der Waals surface area contributed by atoms with Gasteiger partial charge in [0.05, 0.1) is 29.8 Å². The van der Waals surface area contributed by atoms with Crippen LogP contribution in [0.15, 0.2) is 30.5 Å². The molecule has 3 aromatic rings. The second-order valence-corrected chi connectivity index (χ2v) is 6.22. The summed E-state index contributed by atoms with van der Waals surface area (Å²) in [7, 11) is 3.09. The van der Waals surface area contributed by atoms with Gasteiger partial charge in [-0.15, -0.1) is 0 Å². The molecule has 6 nitrogen and oxygen atoms in total. The van der Waals surface area contributed by atoms with Crippen LogP contribution in [0.1, 0.15) is 0 Å². The maximum atomic E-state index is 6.49. The van der Waals surface area contributed by atoms with Crippen molar-refractivity contribution in [3.63, 3.8) is 0 Å². The van der Waals surface area contributed by atoms with E-state index in [2.05, 4.69) is 15.3 Å². The van der Waals surface area contributed by atoms with Crippen LogP contribution in [0.2, 0.25) is 10.0 Å². The molecule has 0 aliphatic carbocycles. The smallest absolute Gasteiger partial charge is 0.223 e. The average Bonchev–Trinajstić information content (AvgIpc) is 2.66. The Morgan fingerprint density at radius 1 is 1.08 bits per heavy atom. The Morgan fingerprint density at radius 3 is 2.38 bits per heavy atom. The highest BCUT2D eigenvalue weighted by Gasteiger charge is 2.19. The fourth-order valence-electron chi connectivity index (χ4n) is 2.60. The quantitative estimate of drug-likeness (QED) is 0.659. The lowest BCUT2D eigenvalue weighted by molar-refractivity contribution is 0.395. The third-order valence-corrected chi connectivity index (χ3v) is 4.62. The first-order chi connectivity index (χ1) is 12.6. The van der Waals surface area contributed by atoms with Crippen LogP contribution in [0.25, 0.3) is 22.0 Å². The van der Waals surface area contributed by atoms with Crippen molar-refractivity contribution in [3.05, 3.63) is 40.5 Å². The molecule has 0 aliphatic rings. The number of nitrogens with one attached hydrogen (secondary N) is 1. The molecule has 1 aromatic heterocycles. The minimum Gasteiger partial charge on any atom is -0.495 e. The Bertz CT molecular complexity index is 922. The summed E-state index contributed by atoms with van der Waals surface area (Å²) >= 11 is 13.0. The third kappa shape index (κ3) is 3.49. The van der Waals surface area contributed by atoms with Crippen LogP contribution < -0.4 is 20.5 Å². The summed E-state index contributed by atoms with van der Waals surface area (Å²) in [6.07, 6.45) is 1.74. The number of ether oxygens (including phenoxy) is 2. The molecule has 0 unspecified atom stereocenters. The summed E-state index contributed by atoms with van der Waals surface area (Å²) in [4.78, 5) is 8.77. The lowest BCUT2D eigenvalue weighted by Crippen LogP contribution is -2.14. The van der Waals surface area contributed by atoms with Crippen LogP contribution >= 0.6 is 23.2 Å². The zero-order valence-corrected chi connectivity index (χ0v) is 15.9. The Hall–Kier alpha value is -2.28. The van der Waals surface area contributed by atoms with Gasteiger partial charge in [-0.2, -0.15) is 0 Å². The molecule has 0 saturated carbocycles. The second-order valence-electron chi connectivity index (χ2n) is 5.47. The number of hydrogen-bond acceptors (Lipinski definition) is 6. The predicted octanol–water partition coefficient (Wildman–Crippen LogP) is 3.99. The number of fused-ring (bicyclic) bond motifs is 1. The van der Waals surface area contributed by atoms with Gasteiger partial charge in [0, 0.05) is 36.3 Å². The van der Waals surface area contributed by atoms with E-state index < -0.39 is 0 Å². The Balaban J connectivity index is 2.11. The largest absolute Gasteiger partial charge is 0.495 e. The molecule has 0 saturated heterocycles. The monoisotopic (exact) mass is 392 g/mol. The van der Waals surface area contributed by atoms with Crippen LogP contribution in [0, 0.1) is 0 Å². The molecule has 0 aliphatic heterocycles. The van der Waals surface area contributed by atoms with Crippen molar-refractivity contribution in [1.29, 1.82) is 0 Å². The normalized spacial score (nSPS) is 10.8. The maximum absolute atomic E-state index is 6.49. The molecule has 0 bridgehead atoms. The summed E-state index contributed by atoms with van der Waals surface area (Å²) in [6.45, 7) is 1.12. The highest BCUT2D eigenvalue weighted by atomic mass is 35.5. The number of benzene rings is 2. The van der Waals surface area contributed by atoms with E-state index in [9.17, 15) is 0 Å². The van der Waals surface area contributed by atoms with Crippen LogP contribution in [-0.4, -0.2) is 37.3 Å². The van der Waals surface area contributed by atoms with Crippen molar-refractivity contribution < 1.29 is 9.47 Å². The van der Waals surface area contributed by atoms with Gasteiger partial charge in [0.1, 0.15) is 11.5 Å². The van der Waals surface area contributed by atoms with Crippen LogP contribution in [-0.2, 0) is 0 Å². The van der Waals surface area contributed by atoms with Crippen molar-refractivity contribution in [3.8, 4) is 22.6 Å². The van der Waals surface area contributed by atoms with E-state index >= 15 is 0 Å². The molecule has 0 spiro atoms. The molecule has 0 amide bonds. The Labute approximate surface area is 161 Å². The van der Waals surface area contributed by atoms with E-state index in [0.717, 1.165) is 16.5 Å². The molecular formula is C18H18Cl2N4O2. The average molecular weight is 393 g/mol. The first kappa shape index (κ1) is 18.5. The maximum Gasteiger partial charge on any atom is 0.223 e. The number of hydrogen-bond donors (Lipinski definition) is 2. The van der Waals surface area contributed by atoms with Crippen molar-refractivity contribution in [1.82, 2.24) is 9.97 Å². The highest BCUT2D eigenvalue weighted by molar-refractivity contribution is 6.41. The number of nitrogens with two attached hydrogens (primary N) is 1. The fraction of sp³-hybridized carbons (Fsp3) is 0.222. The molecule has 3 rings (SSSR count). The van der Waals surface area contributed by atoms with Gasteiger partial charge in [0.2, 0.25) is 5.95 Å². The minimum absolute atomic E-state index is 0.416. The molecule has 26 heavy (non-hydrogen) atoms. The number of anilines is 1. The van der Waals surface area contributed by atoms with Crippen LogP contribution in [0.3, 0.4) is 0 Å². The zero-order valence-electron chi connectivity index (χ0n) is 14.3. The van der Waals surface area contributed by atoms with Crippen molar-refractivity contribution >= 4 is 40.1 Å². The number of rotatable bonds is 6. The lowest BCUT2D eigenvalue weighted by Gasteiger charge is -2.15. The van der Waals surface area contributed by atoms with E-state index in [4.69, 9.17) is 38.4 Å². The molecule has 0 radical (unpaired) electrons. The number of halogens is 2. The topological polar surface area (TPSA) is 82.3 Å². The highest BCUT2D eigenvalue weighted by Crippen LogP contribution is 2.46. The van der Waals surface area contributed by atoms with Gasteiger partial charge in [0.15, 0.2) is 0 Å². The first-order valence-electron chi connectivity index (χ1n) is 7.90. The van der Waals surface area contributed by atoms with E-state index in [1.807, 2.05) is 18.2 Å². The number of methoxy groups -OCH3 is 2. The second kappa shape index (κ2) is 7.95. The molecular weight excluding hydrogens is 375 g/mol. The van der Waals surface area contributed by atoms with E-state index in [1.54, 1.807) is 26.5 Å². The van der Waals surface area contributed by atoms with Crippen LogP contribution in [0.4, 0.5) is 5.95 Å². The number of nitrogens with zero attached hydrogens (tertiary/aromatic N) is 2. The summed E-state index contributed by atoms with van der Waals surface area (Å²) < 4.78 is 10.7. The van der Waals surface area contributed by atoms with Gasteiger partial charge in [-0.3, -0.25) is 0 Å². The van der Waals surface area contributed by atoms with E-state index in [1.165, 1.54) is 0 Å². The fourth-order valence-corrected chi connectivity index (χ4v) is 3.32. The van der Waals surface area contributed by atoms with Gasteiger partial charge in [-0.05, 0) is 17.7 Å². The molecule has 1 heterocycles. The SMILES string of the molecule is COc1cc(OC)c(Cl)c(-c2ccc3nc(NCCN)ncc3c2)c1Cl. The first-order valence-corrected chi connectivity index (χ1v) is 8.65. The van der Waals surface area contributed by atoms with Gasteiger partial charge >= 0.3 is 0 Å². The van der Waals surface area contributed by atoms with Gasteiger partial charge < -0.3 is 20.5 Å². The van der Waals surface area contributed by atoms with E-state index in [0.29, 0.717) is 46.1 Å². The van der Waals surface area contributed by atoms with Crippen LogP contribution in [0.5, 0.6) is 11.5 Å². The van der Waals surface area contributed by atoms with Gasteiger partial charge in [-0.1, -0.05) is 29.3 Å². The molecule has 8 heteroatoms. The van der Waals surface area contributed by atoms with Crippen molar-refractivity contribution in [2.24, 2.45) is 5.73 Å². The molecule has 0 atom stereocenters. The summed E-state index contributed by atoms with van der Waals surface area (Å²) in [5.41, 5.74) is 7.73. The summed E-state index contributed by atoms with van der Waals surface area (Å²) in [5.74, 6) is 1.51. The van der Waals surface area contributed by atoms with Gasteiger partial charge in [-0.25, -0.2) is 9.97 Å². The summed E-state index contributed by atoms with van der Waals surface area (Å²) in [6, 6.07) is 7.37. The Kier molecular flexibility index (Phi) is 5.66. The Morgan fingerprint density at radius 2 is 1.77 bits per heavy atom. The van der Waals surface area contributed by atoms with Gasteiger partial charge in [0.25, 0.3) is 0 Å². The summed E-state index contributed by atoms with van der Waals surface area (Å²) in [5, 5.41) is 4.75. The lowest BCUT2D eigenvalue weighted by atomic mass is 10.0. The van der Waals surface area contributed by atoms with E-state index in [-0.39, 0.29) is 0 Å². The predicted molar refractivity (Wildman–Crippen MR) is 106 cm³/mol. The molecule has 3 N–H and O–H groups in total. The molecule has 2 aromatic carbocycles. The number of aromatic nitrogens is 2.